The van der Waals surface area contributed by atoms with E-state index in [2.05, 4.69) is 20.8 Å². The highest BCUT2D eigenvalue weighted by Gasteiger charge is 2.25. The predicted octanol–water partition coefficient (Wildman–Crippen LogP) is 3.86. The van der Waals surface area contributed by atoms with E-state index in [1.165, 1.54) is 32.1 Å². The molecule has 1 aliphatic rings. The first-order valence-electron chi connectivity index (χ1n) is 5.25. The SMILES string of the molecule is CCCC1CCCC(C)[C@@H]1C. The largest absolute Gasteiger partial charge is 0.0654 e. The van der Waals surface area contributed by atoms with Crippen molar-refractivity contribution in [3.8, 4) is 0 Å². The van der Waals surface area contributed by atoms with Crippen LogP contribution in [0.5, 0.6) is 0 Å². The van der Waals surface area contributed by atoms with E-state index in [4.69, 9.17) is 0 Å². The third kappa shape index (κ3) is 2.21. The Morgan fingerprint density at radius 3 is 2.55 bits per heavy atom. The van der Waals surface area contributed by atoms with Crippen LogP contribution in [0.2, 0.25) is 0 Å². The first kappa shape index (κ1) is 9.09. The molecule has 66 valence electrons. The van der Waals surface area contributed by atoms with Crippen molar-refractivity contribution in [2.45, 2.75) is 52.9 Å². The summed E-state index contributed by atoms with van der Waals surface area (Å²) in [5, 5.41) is 0. The molecule has 0 N–H and O–H groups in total. The molecule has 0 radical (unpaired) electrons. The van der Waals surface area contributed by atoms with Crippen molar-refractivity contribution in [1.29, 1.82) is 0 Å². The quantitative estimate of drug-likeness (QED) is 0.566. The van der Waals surface area contributed by atoms with Gasteiger partial charge in [0.2, 0.25) is 0 Å². The summed E-state index contributed by atoms with van der Waals surface area (Å²) in [4.78, 5) is 0. The molecule has 2 unspecified atom stereocenters. The summed E-state index contributed by atoms with van der Waals surface area (Å²) in [6.07, 6.45) is 7.30. The monoisotopic (exact) mass is 154 g/mol. The van der Waals surface area contributed by atoms with Crippen molar-refractivity contribution >= 4 is 0 Å². The van der Waals surface area contributed by atoms with Gasteiger partial charge in [0.25, 0.3) is 0 Å². The summed E-state index contributed by atoms with van der Waals surface area (Å²) in [5.74, 6) is 3.02. The molecule has 0 bridgehead atoms. The molecular formula is C11H22. The fraction of sp³-hybridized carbons (Fsp3) is 1.00. The molecule has 1 aliphatic carbocycles. The van der Waals surface area contributed by atoms with Crippen molar-refractivity contribution in [2.75, 3.05) is 0 Å². The normalized spacial score (nSPS) is 39.0. The average Bonchev–Trinajstić information content (AvgIpc) is 1.99. The molecule has 0 aromatic carbocycles. The lowest BCUT2D eigenvalue weighted by Crippen LogP contribution is -2.23. The number of hydrogen-bond acceptors (Lipinski definition) is 0. The van der Waals surface area contributed by atoms with Gasteiger partial charge in [-0.2, -0.15) is 0 Å². The third-order valence-electron chi connectivity index (χ3n) is 3.53. The molecule has 0 nitrogen and oxygen atoms in total. The molecule has 1 saturated carbocycles. The van der Waals surface area contributed by atoms with Gasteiger partial charge in [0, 0.05) is 0 Å². The van der Waals surface area contributed by atoms with Crippen LogP contribution in [-0.2, 0) is 0 Å². The second kappa shape index (κ2) is 4.13. The zero-order valence-corrected chi connectivity index (χ0v) is 8.27. The Kier molecular flexibility index (Phi) is 3.42. The lowest BCUT2D eigenvalue weighted by Gasteiger charge is -2.33. The van der Waals surface area contributed by atoms with Crippen LogP contribution < -0.4 is 0 Å². The third-order valence-corrected chi connectivity index (χ3v) is 3.53. The Morgan fingerprint density at radius 1 is 1.18 bits per heavy atom. The van der Waals surface area contributed by atoms with Gasteiger partial charge in [-0.25, -0.2) is 0 Å². The van der Waals surface area contributed by atoms with Gasteiger partial charge in [0.15, 0.2) is 0 Å². The van der Waals surface area contributed by atoms with E-state index in [-0.39, 0.29) is 0 Å². The topological polar surface area (TPSA) is 0 Å². The fourth-order valence-electron chi connectivity index (χ4n) is 2.47. The van der Waals surface area contributed by atoms with Crippen molar-refractivity contribution in [1.82, 2.24) is 0 Å². The Hall–Kier alpha value is 0. The first-order chi connectivity index (χ1) is 5.25. The minimum Gasteiger partial charge on any atom is -0.0654 e. The molecule has 0 heterocycles. The van der Waals surface area contributed by atoms with Crippen molar-refractivity contribution in [3.63, 3.8) is 0 Å². The fourth-order valence-corrected chi connectivity index (χ4v) is 2.47. The van der Waals surface area contributed by atoms with Crippen molar-refractivity contribution in [3.05, 3.63) is 0 Å². The molecule has 1 fully saturated rings. The molecular weight excluding hydrogens is 132 g/mol. The summed E-state index contributed by atoms with van der Waals surface area (Å²) in [6, 6.07) is 0. The summed E-state index contributed by atoms with van der Waals surface area (Å²) in [5.41, 5.74) is 0. The van der Waals surface area contributed by atoms with Crippen LogP contribution in [0.15, 0.2) is 0 Å². The molecule has 11 heavy (non-hydrogen) atoms. The van der Waals surface area contributed by atoms with Gasteiger partial charge >= 0.3 is 0 Å². The molecule has 0 aromatic rings. The van der Waals surface area contributed by atoms with E-state index in [0.29, 0.717) is 0 Å². The van der Waals surface area contributed by atoms with Gasteiger partial charge in [0.05, 0.1) is 0 Å². The van der Waals surface area contributed by atoms with E-state index in [1.807, 2.05) is 0 Å². The van der Waals surface area contributed by atoms with Crippen LogP contribution in [0.1, 0.15) is 52.9 Å². The van der Waals surface area contributed by atoms with Crippen molar-refractivity contribution in [2.24, 2.45) is 17.8 Å². The van der Waals surface area contributed by atoms with Crippen LogP contribution in [-0.4, -0.2) is 0 Å². The molecule has 0 spiro atoms. The Morgan fingerprint density at radius 2 is 1.91 bits per heavy atom. The minimum atomic E-state index is 0.986. The van der Waals surface area contributed by atoms with E-state index in [9.17, 15) is 0 Å². The van der Waals surface area contributed by atoms with Gasteiger partial charge < -0.3 is 0 Å². The molecule has 0 heteroatoms. The highest BCUT2D eigenvalue weighted by Crippen LogP contribution is 2.36. The van der Waals surface area contributed by atoms with E-state index in [0.717, 1.165) is 17.8 Å². The van der Waals surface area contributed by atoms with Gasteiger partial charge in [-0.3, -0.25) is 0 Å². The van der Waals surface area contributed by atoms with Crippen LogP contribution in [0, 0.1) is 17.8 Å². The van der Waals surface area contributed by atoms with Crippen molar-refractivity contribution < 1.29 is 0 Å². The second-order valence-electron chi connectivity index (χ2n) is 4.32. The lowest BCUT2D eigenvalue weighted by atomic mass is 9.72. The maximum atomic E-state index is 2.45. The molecule has 1 rings (SSSR count). The Labute approximate surface area is 71.4 Å². The van der Waals surface area contributed by atoms with Crippen LogP contribution in [0.3, 0.4) is 0 Å². The van der Waals surface area contributed by atoms with Crippen LogP contribution in [0.25, 0.3) is 0 Å². The Bertz CT molecular complexity index is 105. The zero-order valence-electron chi connectivity index (χ0n) is 8.27. The van der Waals surface area contributed by atoms with E-state index >= 15 is 0 Å². The maximum absolute atomic E-state index is 2.45. The van der Waals surface area contributed by atoms with Gasteiger partial charge in [-0.15, -0.1) is 0 Å². The summed E-state index contributed by atoms with van der Waals surface area (Å²) >= 11 is 0. The minimum absolute atomic E-state index is 0.986. The first-order valence-corrected chi connectivity index (χ1v) is 5.25. The maximum Gasteiger partial charge on any atom is -0.0386 e. The number of rotatable bonds is 2. The Balaban J connectivity index is 2.38. The highest BCUT2D eigenvalue weighted by atomic mass is 14.3. The predicted molar refractivity (Wildman–Crippen MR) is 50.6 cm³/mol. The van der Waals surface area contributed by atoms with E-state index in [1.54, 1.807) is 0 Å². The number of hydrogen-bond donors (Lipinski definition) is 0. The molecule has 3 atom stereocenters. The van der Waals surface area contributed by atoms with Crippen LogP contribution in [0.4, 0.5) is 0 Å². The zero-order chi connectivity index (χ0) is 8.27. The molecule has 0 aromatic heterocycles. The second-order valence-corrected chi connectivity index (χ2v) is 4.32. The smallest absolute Gasteiger partial charge is 0.0386 e. The molecule has 0 saturated heterocycles. The molecule has 0 amide bonds. The molecule has 0 aliphatic heterocycles. The van der Waals surface area contributed by atoms with Gasteiger partial charge in [-0.1, -0.05) is 52.9 Å². The highest BCUT2D eigenvalue weighted by molar-refractivity contribution is 4.76. The lowest BCUT2D eigenvalue weighted by molar-refractivity contribution is 0.172. The standard InChI is InChI=1S/C11H22/c1-4-6-11-8-5-7-9(2)10(11)3/h9-11H,4-8H2,1-3H3/t9?,10-,11?/m0/s1. The van der Waals surface area contributed by atoms with Gasteiger partial charge in [0.1, 0.15) is 0 Å². The van der Waals surface area contributed by atoms with Gasteiger partial charge in [-0.05, 0) is 17.8 Å². The van der Waals surface area contributed by atoms with Crippen LogP contribution >= 0.6 is 0 Å². The summed E-state index contributed by atoms with van der Waals surface area (Å²) < 4.78 is 0. The summed E-state index contributed by atoms with van der Waals surface area (Å²) in [6.45, 7) is 7.18. The summed E-state index contributed by atoms with van der Waals surface area (Å²) in [7, 11) is 0. The van der Waals surface area contributed by atoms with E-state index < -0.39 is 0 Å². The average molecular weight is 154 g/mol.